The number of thiazole rings is 1. The van der Waals surface area contributed by atoms with Crippen molar-refractivity contribution in [2.45, 2.75) is 57.3 Å². The van der Waals surface area contributed by atoms with E-state index in [1.807, 2.05) is 19.1 Å². The van der Waals surface area contributed by atoms with Gasteiger partial charge in [-0.05, 0) is 89.6 Å². The molecule has 2 fully saturated rings. The second-order valence-electron chi connectivity index (χ2n) is 11.3. The van der Waals surface area contributed by atoms with Gasteiger partial charge >= 0.3 is 6.18 Å². The molecule has 0 aliphatic carbocycles. The average molecular weight is 614 g/mol. The number of likely N-dealkylation sites (N-methyl/N-ethyl adjacent to an activating group) is 1. The van der Waals surface area contributed by atoms with Crippen LogP contribution in [0.5, 0.6) is 5.75 Å². The molecule has 5 heterocycles. The molecule has 0 saturated carbocycles. The molecule has 2 aliphatic rings. The number of nitrogens with zero attached hydrogens (tertiary/aromatic N) is 5. The van der Waals surface area contributed by atoms with E-state index in [1.54, 1.807) is 18.2 Å². The van der Waals surface area contributed by atoms with Crippen LogP contribution in [-0.2, 0) is 6.54 Å². The van der Waals surface area contributed by atoms with Crippen LogP contribution in [0.4, 0.5) is 24.8 Å². The van der Waals surface area contributed by atoms with Gasteiger partial charge in [-0.3, -0.25) is 9.36 Å². The molecular formula is C30H34F3N7O2S. The first-order chi connectivity index (χ1) is 20.6. The summed E-state index contributed by atoms with van der Waals surface area (Å²) in [5, 5.41) is 7.57. The number of aromatic nitrogens is 4. The predicted molar refractivity (Wildman–Crippen MR) is 161 cm³/mol. The Kier molecular flexibility index (Phi) is 8.38. The van der Waals surface area contributed by atoms with E-state index in [4.69, 9.17) is 9.72 Å². The van der Waals surface area contributed by atoms with Gasteiger partial charge in [-0.25, -0.2) is 9.97 Å². The quantitative estimate of drug-likeness (QED) is 0.283. The van der Waals surface area contributed by atoms with Gasteiger partial charge in [0.15, 0.2) is 0 Å². The predicted octanol–water partition coefficient (Wildman–Crippen LogP) is 5.47. The topological polar surface area (TPSA) is 97.2 Å². The normalized spacial score (nSPS) is 18.7. The van der Waals surface area contributed by atoms with Crippen molar-refractivity contribution in [1.82, 2.24) is 29.7 Å². The zero-order chi connectivity index (χ0) is 30.1. The maximum atomic E-state index is 13.7. The zero-order valence-electron chi connectivity index (χ0n) is 24.1. The largest absolute Gasteiger partial charge is 0.490 e. The van der Waals surface area contributed by atoms with E-state index in [2.05, 4.69) is 32.5 Å². The Bertz CT molecular complexity index is 1650. The number of pyridine rings is 1. The summed E-state index contributed by atoms with van der Waals surface area (Å²) < 4.78 is 48.0. The van der Waals surface area contributed by atoms with Crippen molar-refractivity contribution in [3.8, 4) is 17.0 Å². The Morgan fingerprint density at radius 2 is 1.91 bits per heavy atom. The summed E-state index contributed by atoms with van der Waals surface area (Å²) in [5.41, 5.74) is 0.294. The molecule has 6 rings (SSSR count). The fourth-order valence-electron chi connectivity index (χ4n) is 5.78. The molecule has 13 heteroatoms. The SMILES string of the molecule is Cc1sc(C2CCCN(C)C2)nc1-c1cc2cnc(Nc3ccc(OC4CCNCC4)cc3)nc2n(CC(F)(F)F)c1=O. The fraction of sp³-hybridized carbons (Fsp3) is 0.467. The van der Waals surface area contributed by atoms with Gasteiger partial charge in [0.05, 0.1) is 16.3 Å². The number of piperidine rings is 2. The molecule has 2 N–H and O–H groups in total. The molecule has 0 amide bonds. The molecule has 3 aromatic heterocycles. The standard InChI is InChI=1S/C30H34F3N7O2S/c1-18-25(37-27(43-18)19-4-3-13-39(2)16-19)24-14-20-15-35-29(38-26(20)40(28(24)41)17-30(31,32)33)36-21-5-7-22(8-6-21)42-23-9-11-34-12-10-23/h5-8,14-15,19,23,34H,3-4,9-13,16-17H2,1-2H3,(H,35,36,38). The number of fused-ring (bicyclic) bond motifs is 1. The summed E-state index contributed by atoms with van der Waals surface area (Å²) in [6.07, 6.45) is 0.882. The highest BCUT2D eigenvalue weighted by Gasteiger charge is 2.31. The number of nitrogens with one attached hydrogen (secondary N) is 2. The van der Waals surface area contributed by atoms with E-state index in [0.29, 0.717) is 21.3 Å². The van der Waals surface area contributed by atoms with Gasteiger partial charge in [-0.15, -0.1) is 11.3 Å². The third-order valence-electron chi connectivity index (χ3n) is 7.91. The van der Waals surface area contributed by atoms with Gasteiger partial charge in [-0.2, -0.15) is 18.2 Å². The van der Waals surface area contributed by atoms with Crippen LogP contribution in [-0.4, -0.2) is 69.9 Å². The van der Waals surface area contributed by atoms with Crippen molar-refractivity contribution in [1.29, 1.82) is 0 Å². The molecule has 9 nitrogen and oxygen atoms in total. The number of rotatable bonds is 7. The molecule has 0 spiro atoms. The second-order valence-corrected chi connectivity index (χ2v) is 12.5. The number of anilines is 2. The van der Waals surface area contributed by atoms with E-state index in [1.165, 1.54) is 17.5 Å². The van der Waals surface area contributed by atoms with Gasteiger partial charge in [0.2, 0.25) is 5.95 Å². The van der Waals surface area contributed by atoms with Crippen LogP contribution in [0.25, 0.3) is 22.3 Å². The third-order valence-corrected chi connectivity index (χ3v) is 9.04. The van der Waals surface area contributed by atoms with Gasteiger partial charge in [0.1, 0.15) is 24.0 Å². The van der Waals surface area contributed by atoms with Gasteiger partial charge in [-0.1, -0.05) is 0 Å². The Morgan fingerprint density at radius 3 is 2.63 bits per heavy atom. The first-order valence-electron chi connectivity index (χ1n) is 14.5. The summed E-state index contributed by atoms with van der Waals surface area (Å²) in [7, 11) is 2.07. The Balaban J connectivity index is 1.30. The molecule has 1 unspecified atom stereocenters. The molecule has 0 bridgehead atoms. The number of likely N-dealkylation sites (tertiary alicyclic amines) is 1. The number of ether oxygens (including phenoxy) is 1. The molecule has 4 aromatic rings. The summed E-state index contributed by atoms with van der Waals surface area (Å²) in [4.78, 5) is 30.2. The lowest BCUT2D eigenvalue weighted by Gasteiger charge is -2.28. The molecule has 0 radical (unpaired) electrons. The lowest BCUT2D eigenvalue weighted by Crippen LogP contribution is -2.34. The number of hydrogen-bond donors (Lipinski definition) is 2. The van der Waals surface area contributed by atoms with Crippen LogP contribution >= 0.6 is 11.3 Å². The third kappa shape index (κ3) is 6.84. The van der Waals surface area contributed by atoms with E-state index in [9.17, 15) is 18.0 Å². The minimum Gasteiger partial charge on any atom is -0.490 e. The van der Waals surface area contributed by atoms with Crippen LogP contribution in [0, 0.1) is 6.92 Å². The highest BCUT2D eigenvalue weighted by atomic mass is 32.1. The molecule has 1 atom stereocenters. The lowest BCUT2D eigenvalue weighted by molar-refractivity contribution is -0.140. The average Bonchev–Trinajstić information content (AvgIpc) is 3.37. The second kappa shape index (κ2) is 12.2. The van der Waals surface area contributed by atoms with Crippen molar-refractivity contribution < 1.29 is 17.9 Å². The van der Waals surface area contributed by atoms with Crippen LogP contribution in [0.2, 0.25) is 0 Å². The van der Waals surface area contributed by atoms with Crippen LogP contribution < -0.4 is 20.9 Å². The van der Waals surface area contributed by atoms with E-state index < -0.39 is 18.3 Å². The highest BCUT2D eigenvalue weighted by Crippen LogP contribution is 2.35. The molecular weight excluding hydrogens is 579 g/mol. The lowest BCUT2D eigenvalue weighted by atomic mass is 9.99. The van der Waals surface area contributed by atoms with Gasteiger partial charge < -0.3 is 20.3 Å². The maximum absolute atomic E-state index is 13.7. The number of hydrogen-bond acceptors (Lipinski definition) is 9. The summed E-state index contributed by atoms with van der Waals surface area (Å²) in [5.74, 6) is 1.05. The highest BCUT2D eigenvalue weighted by molar-refractivity contribution is 7.12. The first kappa shape index (κ1) is 29.5. The van der Waals surface area contributed by atoms with Crippen LogP contribution in [0.3, 0.4) is 0 Å². The molecule has 2 aliphatic heterocycles. The molecule has 2 saturated heterocycles. The fourth-order valence-corrected chi connectivity index (χ4v) is 6.84. The van der Waals surface area contributed by atoms with E-state index >= 15 is 0 Å². The Morgan fingerprint density at radius 1 is 1.14 bits per heavy atom. The summed E-state index contributed by atoms with van der Waals surface area (Å²) >= 11 is 1.50. The molecule has 43 heavy (non-hydrogen) atoms. The summed E-state index contributed by atoms with van der Waals surface area (Å²) in [6.45, 7) is 4.11. The number of alkyl halides is 3. The van der Waals surface area contributed by atoms with E-state index in [0.717, 1.165) is 67.5 Å². The number of aryl methyl sites for hydroxylation is 1. The smallest absolute Gasteiger partial charge is 0.406 e. The molecule has 1 aromatic carbocycles. The molecule has 228 valence electrons. The number of halogens is 3. The van der Waals surface area contributed by atoms with Gasteiger partial charge in [0, 0.05) is 34.6 Å². The summed E-state index contributed by atoms with van der Waals surface area (Å²) in [6, 6.07) is 8.80. The van der Waals surface area contributed by atoms with Crippen molar-refractivity contribution in [2.24, 2.45) is 0 Å². The number of benzene rings is 1. The van der Waals surface area contributed by atoms with Crippen molar-refractivity contribution >= 4 is 34.0 Å². The van der Waals surface area contributed by atoms with Crippen molar-refractivity contribution in [2.75, 3.05) is 38.5 Å². The minimum atomic E-state index is -4.63. The van der Waals surface area contributed by atoms with E-state index in [-0.39, 0.29) is 29.2 Å². The Labute approximate surface area is 251 Å². The van der Waals surface area contributed by atoms with Crippen molar-refractivity contribution in [3.63, 3.8) is 0 Å². The Hall–Kier alpha value is -3.55. The van der Waals surface area contributed by atoms with Crippen LogP contribution in [0.1, 0.15) is 41.5 Å². The minimum absolute atomic E-state index is 0.0798. The first-order valence-corrected chi connectivity index (χ1v) is 15.3. The van der Waals surface area contributed by atoms with Gasteiger partial charge in [0.25, 0.3) is 5.56 Å². The zero-order valence-corrected chi connectivity index (χ0v) is 24.9. The van der Waals surface area contributed by atoms with Crippen molar-refractivity contribution in [3.05, 3.63) is 56.8 Å². The monoisotopic (exact) mass is 613 g/mol. The van der Waals surface area contributed by atoms with Crippen LogP contribution in [0.15, 0.2) is 41.3 Å². The maximum Gasteiger partial charge on any atom is 0.406 e.